The fourth-order valence-corrected chi connectivity index (χ4v) is 5.03. The second-order valence-electron chi connectivity index (χ2n) is 10.9. The minimum absolute atomic E-state index is 0.126. The van der Waals surface area contributed by atoms with Crippen molar-refractivity contribution in [2.24, 2.45) is 5.92 Å². The lowest BCUT2D eigenvalue weighted by atomic mass is 10.0. The number of nitrogens with one attached hydrogen (secondary N) is 3. The van der Waals surface area contributed by atoms with E-state index in [-0.39, 0.29) is 36.3 Å². The third kappa shape index (κ3) is 9.27. The van der Waals surface area contributed by atoms with Crippen LogP contribution in [0.15, 0.2) is 30.3 Å². The molecule has 1 aliphatic heterocycles. The van der Waals surface area contributed by atoms with Gasteiger partial charge in [-0.3, -0.25) is 19.3 Å². The predicted octanol–water partition coefficient (Wildman–Crippen LogP) is 5.11. The fraction of sp³-hybridized carbons (Fsp3) is 0.483. The summed E-state index contributed by atoms with van der Waals surface area (Å²) in [6.45, 7) is 7.08. The number of amides is 3. The van der Waals surface area contributed by atoms with Crippen LogP contribution in [0.2, 0.25) is 5.02 Å². The van der Waals surface area contributed by atoms with Gasteiger partial charge in [0.1, 0.15) is 6.04 Å². The number of nitrogens with zero attached hydrogens (tertiary/aromatic N) is 2. The molecule has 2 atom stereocenters. The van der Waals surface area contributed by atoms with Gasteiger partial charge in [0.05, 0.1) is 23.4 Å². The van der Waals surface area contributed by atoms with Gasteiger partial charge in [0.25, 0.3) is 5.91 Å². The summed E-state index contributed by atoms with van der Waals surface area (Å²) in [6.07, 6.45) is -5.17. The molecule has 43 heavy (non-hydrogen) atoms. The third-order valence-electron chi connectivity index (χ3n) is 7.11. The minimum atomic E-state index is -4.25. The van der Waals surface area contributed by atoms with Gasteiger partial charge < -0.3 is 20.9 Å². The number of hydrogen-bond acceptors (Lipinski definition) is 5. The van der Waals surface area contributed by atoms with E-state index in [2.05, 4.69) is 16.0 Å². The number of alkyl halides is 3. The standard InChI is InChI=1S/C29H35ClF5N5O3/c1-16(2)26(37-18(4)41)28(43)36-14-19-5-7-21(25(32)24(19)31)27(42)38-22-8-6-20(30)13-23(22)40-12-11-39(15-17(40)3)10-9-29(33,34)35/h5-8,13,16-17,26H,9-12,14-15H2,1-4H3,(H,36,43)(H,37,41)(H,38,42)/t17-,26-/m1/s1. The highest BCUT2D eigenvalue weighted by Crippen LogP contribution is 2.33. The lowest BCUT2D eigenvalue weighted by molar-refractivity contribution is -0.138. The molecule has 3 rings (SSSR count). The molecule has 0 radical (unpaired) electrons. The average molecular weight is 632 g/mol. The van der Waals surface area contributed by atoms with Gasteiger partial charge in [-0.15, -0.1) is 0 Å². The fourth-order valence-electron chi connectivity index (χ4n) is 4.86. The summed E-state index contributed by atoms with van der Waals surface area (Å²) in [7, 11) is 0. The van der Waals surface area contributed by atoms with Crippen LogP contribution in [-0.2, 0) is 16.1 Å². The number of piperazine rings is 1. The zero-order valence-corrected chi connectivity index (χ0v) is 25.0. The Labute approximate surface area is 251 Å². The highest BCUT2D eigenvalue weighted by Gasteiger charge is 2.31. The second kappa shape index (κ2) is 14.3. The first-order valence-corrected chi connectivity index (χ1v) is 14.1. The van der Waals surface area contributed by atoms with Gasteiger partial charge >= 0.3 is 6.18 Å². The van der Waals surface area contributed by atoms with Gasteiger partial charge in [-0.1, -0.05) is 31.5 Å². The van der Waals surface area contributed by atoms with E-state index in [0.717, 1.165) is 6.07 Å². The molecule has 1 fully saturated rings. The van der Waals surface area contributed by atoms with Crippen LogP contribution in [0.1, 0.15) is 50.0 Å². The SMILES string of the molecule is CC(=O)N[C@@H](C(=O)NCc1ccc(C(=O)Nc2ccc(Cl)cc2N2CCN(CCC(F)(F)F)C[C@H]2C)c(F)c1F)C(C)C. The quantitative estimate of drug-likeness (QED) is 0.317. The number of carbonyl (C=O) groups excluding carboxylic acids is 3. The summed E-state index contributed by atoms with van der Waals surface area (Å²) in [5.74, 6) is -4.89. The van der Waals surface area contributed by atoms with Crippen molar-refractivity contribution in [1.29, 1.82) is 0 Å². The van der Waals surface area contributed by atoms with E-state index in [1.807, 2.05) is 11.8 Å². The molecule has 0 unspecified atom stereocenters. The molecule has 1 saturated heterocycles. The Balaban J connectivity index is 1.73. The Bertz CT molecular complexity index is 1340. The Morgan fingerprint density at radius 2 is 1.77 bits per heavy atom. The predicted molar refractivity (Wildman–Crippen MR) is 154 cm³/mol. The first kappa shape index (κ1) is 34.0. The molecule has 0 aromatic heterocycles. The van der Waals surface area contributed by atoms with E-state index in [0.29, 0.717) is 30.3 Å². The Morgan fingerprint density at radius 1 is 1.07 bits per heavy atom. The summed E-state index contributed by atoms with van der Waals surface area (Å²) in [5.41, 5.74) is -0.0179. The van der Waals surface area contributed by atoms with Crippen molar-refractivity contribution in [2.45, 2.75) is 58.9 Å². The summed E-state index contributed by atoms with van der Waals surface area (Å²) >= 11 is 6.21. The van der Waals surface area contributed by atoms with E-state index in [9.17, 15) is 31.9 Å². The molecule has 1 heterocycles. The molecule has 8 nitrogen and oxygen atoms in total. The zero-order valence-electron chi connectivity index (χ0n) is 24.2. The largest absolute Gasteiger partial charge is 0.390 e. The van der Waals surface area contributed by atoms with E-state index >= 15 is 4.39 Å². The molecule has 1 aliphatic rings. The second-order valence-corrected chi connectivity index (χ2v) is 11.3. The van der Waals surface area contributed by atoms with Crippen LogP contribution in [0.5, 0.6) is 0 Å². The highest BCUT2D eigenvalue weighted by atomic mass is 35.5. The number of rotatable bonds is 10. The van der Waals surface area contributed by atoms with Gasteiger partial charge in [0.2, 0.25) is 11.8 Å². The molecule has 2 aromatic carbocycles. The van der Waals surface area contributed by atoms with Crippen LogP contribution in [0.4, 0.5) is 33.3 Å². The van der Waals surface area contributed by atoms with Crippen molar-refractivity contribution in [2.75, 3.05) is 36.4 Å². The summed E-state index contributed by atoms with van der Waals surface area (Å²) in [5, 5.41) is 7.93. The van der Waals surface area contributed by atoms with Crippen molar-refractivity contribution in [3.63, 3.8) is 0 Å². The van der Waals surface area contributed by atoms with Crippen LogP contribution in [0.3, 0.4) is 0 Å². The maximum absolute atomic E-state index is 15.1. The van der Waals surface area contributed by atoms with Crippen LogP contribution in [0.25, 0.3) is 0 Å². The number of hydrogen-bond donors (Lipinski definition) is 3. The molecule has 0 bridgehead atoms. The van der Waals surface area contributed by atoms with Crippen LogP contribution < -0.4 is 20.9 Å². The van der Waals surface area contributed by atoms with Crippen LogP contribution >= 0.6 is 11.6 Å². The van der Waals surface area contributed by atoms with E-state index in [1.54, 1.807) is 24.8 Å². The Morgan fingerprint density at radius 3 is 2.37 bits per heavy atom. The minimum Gasteiger partial charge on any atom is -0.365 e. The van der Waals surface area contributed by atoms with Crippen molar-refractivity contribution < 1.29 is 36.3 Å². The Kier molecular flexibility index (Phi) is 11.4. The molecular weight excluding hydrogens is 597 g/mol. The van der Waals surface area contributed by atoms with Gasteiger partial charge in [-0.2, -0.15) is 13.2 Å². The highest BCUT2D eigenvalue weighted by molar-refractivity contribution is 6.31. The lowest BCUT2D eigenvalue weighted by Crippen LogP contribution is -2.52. The van der Waals surface area contributed by atoms with E-state index in [1.165, 1.54) is 25.1 Å². The summed E-state index contributed by atoms with van der Waals surface area (Å²) in [6, 6.07) is 5.79. The van der Waals surface area contributed by atoms with Crippen molar-refractivity contribution in [3.8, 4) is 0 Å². The molecule has 0 aliphatic carbocycles. The number of carbonyl (C=O) groups is 3. The lowest BCUT2D eigenvalue weighted by Gasteiger charge is -2.42. The van der Waals surface area contributed by atoms with Crippen molar-refractivity contribution in [3.05, 3.63) is 58.1 Å². The topological polar surface area (TPSA) is 93.8 Å². The van der Waals surface area contributed by atoms with Crippen LogP contribution in [-0.4, -0.2) is 67.1 Å². The molecule has 0 saturated carbocycles. The maximum Gasteiger partial charge on any atom is 0.390 e. The van der Waals surface area contributed by atoms with E-state index < -0.39 is 53.6 Å². The first-order valence-electron chi connectivity index (χ1n) is 13.8. The molecule has 0 spiro atoms. The average Bonchev–Trinajstić information content (AvgIpc) is 2.91. The van der Waals surface area contributed by atoms with Gasteiger partial charge in [0, 0.05) is 56.3 Å². The smallest absolute Gasteiger partial charge is 0.365 e. The third-order valence-corrected chi connectivity index (χ3v) is 7.34. The van der Waals surface area contributed by atoms with Gasteiger partial charge in [0.15, 0.2) is 11.6 Å². The normalized spacial score (nSPS) is 16.6. The first-order chi connectivity index (χ1) is 20.1. The molecule has 14 heteroatoms. The molecule has 3 amide bonds. The maximum atomic E-state index is 15.1. The molecule has 236 valence electrons. The number of anilines is 2. The Hall–Kier alpha value is -3.45. The summed E-state index contributed by atoms with van der Waals surface area (Å²) < 4.78 is 68.0. The van der Waals surface area contributed by atoms with Gasteiger partial charge in [-0.05, 0) is 37.1 Å². The number of halogens is 6. The molecule has 3 N–H and O–H groups in total. The van der Waals surface area contributed by atoms with E-state index in [4.69, 9.17) is 11.6 Å². The van der Waals surface area contributed by atoms with Crippen LogP contribution in [0, 0.1) is 17.6 Å². The monoisotopic (exact) mass is 631 g/mol. The molecule has 2 aromatic rings. The van der Waals surface area contributed by atoms with Crippen molar-refractivity contribution in [1.82, 2.24) is 15.5 Å². The van der Waals surface area contributed by atoms with Gasteiger partial charge in [-0.25, -0.2) is 8.78 Å². The van der Waals surface area contributed by atoms with Crippen molar-refractivity contribution >= 4 is 40.7 Å². The zero-order chi connectivity index (χ0) is 32.1. The molecular formula is C29H35ClF5N5O3. The number of benzene rings is 2. The summed E-state index contributed by atoms with van der Waals surface area (Å²) in [4.78, 5) is 40.6.